The average Bonchev–Trinajstić information content (AvgIpc) is 3.00. The largest absolute Gasteiger partial charge is 0.337 e. The van der Waals surface area contributed by atoms with Gasteiger partial charge in [0, 0.05) is 5.56 Å². The van der Waals surface area contributed by atoms with E-state index in [2.05, 4.69) is 15.5 Å². The van der Waals surface area contributed by atoms with E-state index in [1.807, 2.05) is 24.3 Å². The first-order valence-corrected chi connectivity index (χ1v) is 6.04. The lowest BCUT2D eigenvalue weighted by Gasteiger charge is -2.01. The smallest absolute Gasteiger partial charge is 0.244 e. The maximum atomic E-state index is 6.09. The summed E-state index contributed by atoms with van der Waals surface area (Å²) in [5.41, 5.74) is 0.808. The van der Waals surface area contributed by atoms with Gasteiger partial charge in [-0.2, -0.15) is 4.98 Å². The highest BCUT2D eigenvalue weighted by atomic mass is 35.5. The molecule has 1 atom stereocenters. The first-order chi connectivity index (χ1) is 8.34. The number of nitrogens with zero attached hydrogens (tertiary/aromatic N) is 2. The Hall–Kier alpha value is -1.10. The fraction of sp³-hybridized carbons (Fsp3) is 0.333. The normalized spacial score (nSPS) is 18.6. The number of nitrogens with one attached hydrogen (secondary N) is 1. The lowest BCUT2D eigenvalue weighted by atomic mass is 10.2. The number of hydrogen-bond donors (Lipinski definition) is 1. The maximum Gasteiger partial charge on any atom is 0.244 e. The number of benzene rings is 1. The molecule has 2 heterocycles. The molecule has 1 aliphatic heterocycles. The molecular formula is C12H13Cl2N3O. The maximum absolute atomic E-state index is 6.09. The van der Waals surface area contributed by atoms with Gasteiger partial charge in [0.15, 0.2) is 0 Å². The fourth-order valence-corrected chi connectivity index (χ4v) is 2.24. The lowest BCUT2D eigenvalue weighted by Crippen LogP contribution is -2.12. The van der Waals surface area contributed by atoms with Gasteiger partial charge in [-0.3, -0.25) is 0 Å². The first-order valence-electron chi connectivity index (χ1n) is 5.66. The van der Waals surface area contributed by atoms with Crippen molar-refractivity contribution >= 4 is 24.0 Å². The summed E-state index contributed by atoms with van der Waals surface area (Å²) in [6.07, 6.45) is 2.19. The highest BCUT2D eigenvalue weighted by molar-refractivity contribution is 6.33. The van der Waals surface area contributed by atoms with Gasteiger partial charge in [0.1, 0.15) is 0 Å². The monoisotopic (exact) mass is 285 g/mol. The van der Waals surface area contributed by atoms with Crippen LogP contribution in [0.1, 0.15) is 24.8 Å². The molecule has 0 spiro atoms. The van der Waals surface area contributed by atoms with Crippen molar-refractivity contribution in [1.29, 1.82) is 0 Å². The van der Waals surface area contributed by atoms with Crippen molar-refractivity contribution in [1.82, 2.24) is 15.5 Å². The summed E-state index contributed by atoms with van der Waals surface area (Å²) in [6, 6.07) is 7.69. The van der Waals surface area contributed by atoms with Crippen LogP contribution in [-0.2, 0) is 0 Å². The minimum Gasteiger partial charge on any atom is -0.337 e. The molecule has 0 aliphatic carbocycles. The van der Waals surface area contributed by atoms with Gasteiger partial charge < -0.3 is 9.84 Å². The zero-order valence-corrected chi connectivity index (χ0v) is 11.2. The molecule has 0 amide bonds. The summed E-state index contributed by atoms with van der Waals surface area (Å²) >= 11 is 6.09. The fourth-order valence-electron chi connectivity index (χ4n) is 2.02. The summed E-state index contributed by atoms with van der Waals surface area (Å²) in [7, 11) is 0. The predicted molar refractivity (Wildman–Crippen MR) is 72.0 cm³/mol. The van der Waals surface area contributed by atoms with Crippen molar-refractivity contribution in [3.63, 3.8) is 0 Å². The Labute approximate surface area is 116 Å². The van der Waals surface area contributed by atoms with Crippen molar-refractivity contribution in [2.45, 2.75) is 18.9 Å². The molecule has 0 bridgehead atoms. The molecule has 6 heteroatoms. The third-order valence-corrected chi connectivity index (χ3v) is 3.24. The average molecular weight is 286 g/mol. The molecule has 0 saturated carbocycles. The van der Waals surface area contributed by atoms with Crippen LogP contribution in [0.4, 0.5) is 0 Å². The van der Waals surface area contributed by atoms with Crippen LogP contribution >= 0.6 is 24.0 Å². The zero-order valence-electron chi connectivity index (χ0n) is 9.60. The molecule has 1 aromatic heterocycles. The Balaban J connectivity index is 0.00000120. The van der Waals surface area contributed by atoms with Crippen LogP contribution in [0.25, 0.3) is 11.4 Å². The topological polar surface area (TPSA) is 51.0 Å². The van der Waals surface area contributed by atoms with Crippen LogP contribution in [0.5, 0.6) is 0 Å². The number of hydrogen-bond acceptors (Lipinski definition) is 4. The minimum absolute atomic E-state index is 0. The SMILES string of the molecule is Cl.Clc1ccccc1-c1noc([C@@H]2CCCN2)n1. The van der Waals surface area contributed by atoms with E-state index in [-0.39, 0.29) is 18.4 Å². The van der Waals surface area contributed by atoms with E-state index < -0.39 is 0 Å². The van der Waals surface area contributed by atoms with Crippen molar-refractivity contribution in [3.05, 3.63) is 35.2 Å². The minimum atomic E-state index is 0. The Morgan fingerprint density at radius 1 is 1.33 bits per heavy atom. The van der Waals surface area contributed by atoms with E-state index in [0.717, 1.165) is 24.9 Å². The molecule has 0 unspecified atom stereocenters. The Bertz CT molecular complexity index is 524. The summed E-state index contributed by atoms with van der Waals surface area (Å²) in [6.45, 7) is 1.01. The van der Waals surface area contributed by atoms with Crippen LogP contribution in [0.3, 0.4) is 0 Å². The summed E-state index contributed by atoms with van der Waals surface area (Å²) < 4.78 is 5.28. The summed E-state index contributed by atoms with van der Waals surface area (Å²) in [5.74, 6) is 1.21. The molecule has 2 aromatic rings. The molecule has 1 N–H and O–H groups in total. The number of aromatic nitrogens is 2. The molecule has 96 valence electrons. The van der Waals surface area contributed by atoms with Crippen molar-refractivity contribution in [2.75, 3.05) is 6.54 Å². The van der Waals surface area contributed by atoms with Gasteiger partial charge in [-0.15, -0.1) is 12.4 Å². The van der Waals surface area contributed by atoms with Crippen molar-refractivity contribution in [3.8, 4) is 11.4 Å². The molecule has 3 rings (SSSR count). The quantitative estimate of drug-likeness (QED) is 0.920. The number of halogens is 2. The Morgan fingerprint density at radius 2 is 2.17 bits per heavy atom. The van der Waals surface area contributed by atoms with E-state index in [4.69, 9.17) is 16.1 Å². The van der Waals surface area contributed by atoms with Crippen LogP contribution in [0.2, 0.25) is 5.02 Å². The van der Waals surface area contributed by atoms with E-state index in [1.165, 1.54) is 0 Å². The second-order valence-electron chi connectivity index (χ2n) is 4.09. The van der Waals surface area contributed by atoms with Gasteiger partial charge >= 0.3 is 0 Å². The highest BCUT2D eigenvalue weighted by Crippen LogP contribution is 2.27. The molecule has 1 saturated heterocycles. The summed E-state index contributed by atoms with van der Waals surface area (Å²) in [4.78, 5) is 4.40. The molecule has 18 heavy (non-hydrogen) atoms. The van der Waals surface area contributed by atoms with Crippen LogP contribution < -0.4 is 5.32 Å². The van der Waals surface area contributed by atoms with E-state index >= 15 is 0 Å². The van der Waals surface area contributed by atoms with Crippen LogP contribution in [0, 0.1) is 0 Å². The third-order valence-electron chi connectivity index (χ3n) is 2.91. The highest BCUT2D eigenvalue weighted by Gasteiger charge is 2.23. The summed E-state index contributed by atoms with van der Waals surface area (Å²) in [5, 5.41) is 7.94. The van der Waals surface area contributed by atoms with Crippen LogP contribution in [-0.4, -0.2) is 16.7 Å². The second-order valence-corrected chi connectivity index (χ2v) is 4.49. The van der Waals surface area contributed by atoms with Gasteiger partial charge in [-0.05, 0) is 31.5 Å². The Kier molecular flexibility index (Phi) is 4.22. The van der Waals surface area contributed by atoms with Crippen molar-refractivity contribution in [2.24, 2.45) is 0 Å². The lowest BCUT2D eigenvalue weighted by molar-refractivity contribution is 0.345. The molecule has 0 radical (unpaired) electrons. The predicted octanol–water partition coefficient (Wildman–Crippen LogP) is 3.24. The molecule has 1 aromatic carbocycles. The molecular weight excluding hydrogens is 273 g/mol. The zero-order chi connectivity index (χ0) is 11.7. The van der Waals surface area contributed by atoms with Gasteiger partial charge in [-0.25, -0.2) is 0 Å². The standard InChI is InChI=1S/C12H12ClN3O.ClH/c13-9-5-2-1-4-8(9)11-15-12(17-16-11)10-6-3-7-14-10;/h1-2,4-5,10,14H,3,6-7H2;1H/t10-;/m0./s1. The molecule has 4 nitrogen and oxygen atoms in total. The van der Waals surface area contributed by atoms with Crippen LogP contribution in [0.15, 0.2) is 28.8 Å². The molecule has 1 aliphatic rings. The second kappa shape index (κ2) is 5.69. The van der Waals surface area contributed by atoms with Gasteiger partial charge in [-0.1, -0.05) is 28.9 Å². The van der Waals surface area contributed by atoms with Crippen molar-refractivity contribution < 1.29 is 4.52 Å². The van der Waals surface area contributed by atoms with E-state index in [1.54, 1.807) is 0 Å². The third kappa shape index (κ3) is 2.51. The Morgan fingerprint density at radius 3 is 2.89 bits per heavy atom. The van der Waals surface area contributed by atoms with Gasteiger partial charge in [0.2, 0.25) is 11.7 Å². The first kappa shape index (κ1) is 13.3. The molecule has 1 fully saturated rings. The number of rotatable bonds is 2. The van der Waals surface area contributed by atoms with Gasteiger partial charge in [0.25, 0.3) is 0 Å². The van der Waals surface area contributed by atoms with Gasteiger partial charge in [0.05, 0.1) is 11.1 Å². The van der Waals surface area contributed by atoms with E-state index in [9.17, 15) is 0 Å². The van der Waals surface area contributed by atoms with E-state index in [0.29, 0.717) is 16.7 Å².